The monoisotopic (exact) mass is 294 g/mol. The molecule has 112 valence electrons. The molecular weight excluding hydrogens is 272 g/mol. The lowest BCUT2D eigenvalue weighted by Gasteiger charge is -2.15. The Balaban J connectivity index is 3.74. The highest BCUT2D eigenvalue weighted by Crippen LogP contribution is 1.99. The highest BCUT2D eigenvalue weighted by molar-refractivity contribution is 7.89. The molecular formula is C11H22N2O5S. The van der Waals surface area contributed by atoms with Crippen molar-refractivity contribution in [1.29, 1.82) is 0 Å². The predicted molar refractivity (Wildman–Crippen MR) is 71.2 cm³/mol. The van der Waals surface area contributed by atoms with Crippen molar-refractivity contribution in [1.82, 2.24) is 9.62 Å². The molecule has 0 radical (unpaired) electrons. The molecule has 2 N–H and O–H groups in total. The van der Waals surface area contributed by atoms with Gasteiger partial charge in [0, 0.05) is 20.0 Å². The molecule has 0 saturated heterocycles. The number of hydrogen-bond donors (Lipinski definition) is 2. The van der Waals surface area contributed by atoms with Crippen molar-refractivity contribution in [2.75, 3.05) is 25.9 Å². The van der Waals surface area contributed by atoms with Crippen LogP contribution in [0.25, 0.3) is 0 Å². The molecule has 0 aliphatic carbocycles. The molecule has 0 aromatic rings. The Morgan fingerprint density at radius 3 is 2.37 bits per heavy atom. The summed E-state index contributed by atoms with van der Waals surface area (Å²) < 4.78 is 23.8. The van der Waals surface area contributed by atoms with Gasteiger partial charge in [0.15, 0.2) is 0 Å². The van der Waals surface area contributed by atoms with Gasteiger partial charge in [0.2, 0.25) is 15.9 Å². The maximum atomic E-state index is 11.4. The van der Waals surface area contributed by atoms with Crippen LogP contribution in [0.3, 0.4) is 0 Å². The Morgan fingerprint density at radius 2 is 1.84 bits per heavy atom. The van der Waals surface area contributed by atoms with Gasteiger partial charge in [-0.15, -0.1) is 0 Å². The van der Waals surface area contributed by atoms with Gasteiger partial charge in [-0.25, -0.2) is 8.42 Å². The van der Waals surface area contributed by atoms with E-state index in [4.69, 9.17) is 5.11 Å². The van der Waals surface area contributed by atoms with Crippen LogP contribution in [0.1, 0.15) is 32.6 Å². The number of amides is 1. The molecule has 0 heterocycles. The number of aliphatic carboxylic acids is 1. The summed E-state index contributed by atoms with van der Waals surface area (Å²) in [5.41, 5.74) is 0. The van der Waals surface area contributed by atoms with E-state index in [1.165, 1.54) is 14.0 Å². The molecule has 0 saturated carbocycles. The molecule has 0 rings (SSSR count). The van der Waals surface area contributed by atoms with Gasteiger partial charge >= 0.3 is 5.97 Å². The van der Waals surface area contributed by atoms with Crippen molar-refractivity contribution in [2.24, 2.45) is 0 Å². The second-order valence-electron chi connectivity index (χ2n) is 4.21. The number of carboxylic acid groups (broad SMARTS) is 1. The van der Waals surface area contributed by atoms with E-state index in [0.29, 0.717) is 19.4 Å². The van der Waals surface area contributed by atoms with Gasteiger partial charge in [-0.3, -0.25) is 9.59 Å². The van der Waals surface area contributed by atoms with Crippen molar-refractivity contribution >= 4 is 21.9 Å². The zero-order valence-corrected chi connectivity index (χ0v) is 12.2. The molecule has 0 aliphatic rings. The zero-order valence-electron chi connectivity index (χ0n) is 11.4. The molecule has 0 aromatic heterocycles. The van der Waals surface area contributed by atoms with E-state index >= 15 is 0 Å². The molecule has 1 amide bonds. The topological polar surface area (TPSA) is 104 Å². The van der Waals surface area contributed by atoms with Gasteiger partial charge < -0.3 is 10.4 Å². The lowest BCUT2D eigenvalue weighted by molar-refractivity contribution is -0.137. The van der Waals surface area contributed by atoms with Gasteiger partial charge in [-0.2, -0.15) is 4.31 Å². The van der Waals surface area contributed by atoms with Crippen LogP contribution in [-0.2, 0) is 19.6 Å². The average molecular weight is 294 g/mol. The van der Waals surface area contributed by atoms with E-state index in [2.05, 4.69) is 5.32 Å². The normalized spacial score (nSPS) is 11.5. The number of carbonyl (C=O) groups is 2. The average Bonchev–Trinajstić information content (AvgIpc) is 2.33. The van der Waals surface area contributed by atoms with Gasteiger partial charge in [-0.05, 0) is 19.8 Å². The smallest absolute Gasteiger partial charge is 0.303 e. The summed E-state index contributed by atoms with van der Waals surface area (Å²) in [6.07, 6.45) is 2.11. The third-order valence-corrected chi connectivity index (χ3v) is 4.40. The van der Waals surface area contributed by atoms with Crippen LogP contribution in [-0.4, -0.2) is 55.6 Å². The number of rotatable bonds is 10. The Labute approximate surface area is 114 Å². The Hall–Kier alpha value is -1.15. The molecule has 0 aromatic carbocycles. The Kier molecular flexibility index (Phi) is 8.33. The minimum atomic E-state index is -3.33. The van der Waals surface area contributed by atoms with Crippen LogP contribution in [0.15, 0.2) is 0 Å². The third kappa shape index (κ3) is 8.55. The standard InChI is InChI=1S/C11H22N2O5S/c1-3-19(17,18)13(2)9-10(14)12-8-6-4-5-7-11(15)16/h3-9H2,1-2H3,(H,12,14)(H,15,16). The van der Waals surface area contributed by atoms with Crippen molar-refractivity contribution in [2.45, 2.75) is 32.6 Å². The summed E-state index contributed by atoms with van der Waals surface area (Å²) in [5, 5.41) is 11.0. The molecule has 0 atom stereocenters. The SMILES string of the molecule is CCS(=O)(=O)N(C)CC(=O)NCCCCCC(=O)O. The van der Waals surface area contributed by atoms with Crippen molar-refractivity contribution in [3.8, 4) is 0 Å². The summed E-state index contributed by atoms with van der Waals surface area (Å²) in [6, 6.07) is 0. The summed E-state index contributed by atoms with van der Waals surface area (Å²) in [7, 11) is -1.97. The predicted octanol–water partition coefficient (Wildman–Crippen LogP) is 0.0291. The molecule has 0 bridgehead atoms. The second-order valence-corrected chi connectivity index (χ2v) is 6.58. The molecule has 19 heavy (non-hydrogen) atoms. The number of carboxylic acids is 1. The fourth-order valence-corrected chi connectivity index (χ4v) is 2.14. The molecule has 0 aliphatic heterocycles. The highest BCUT2D eigenvalue weighted by Gasteiger charge is 2.17. The van der Waals surface area contributed by atoms with E-state index in [-0.39, 0.29) is 24.6 Å². The first kappa shape index (κ1) is 17.8. The molecule has 8 heteroatoms. The van der Waals surface area contributed by atoms with Crippen molar-refractivity contribution in [3.05, 3.63) is 0 Å². The summed E-state index contributed by atoms with van der Waals surface area (Å²) in [6.45, 7) is 1.76. The van der Waals surface area contributed by atoms with Crippen LogP contribution in [0.2, 0.25) is 0 Å². The first-order chi connectivity index (χ1) is 8.79. The lowest BCUT2D eigenvalue weighted by Crippen LogP contribution is -2.39. The summed E-state index contributed by atoms with van der Waals surface area (Å²) in [4.78, 5) is 21.7. The van der Waals surface area contributed by atoms with E-state index < -0.39 is 16.0 Å². The fourth-order valence-electron chi connectivity index (χ4n) is 1.38. The minimum Gasteiger partial charge on any atom is -0.481 e. The Bertz CT molecular complexity index is 394. The zero-order chi connectivity index (χ0) is 14.9. The van der Waals surface area contributed by atoms with Gasteiger partial charge in [0.25, 0.3) is 0 Å². The van der Waals surface area contributed by atoms with Gasteiger partial charge in [0.05, 0.1) is 12.3 Å². The number of unbranched alkanes of at least 4 members (excludes halogenated alkanes) is 2. The third-order valence-electron chi connectivity index (χ3n) is 2.60. The summed E-state index contributed by atoms with van der Waals surface area (Å²) >= 11 is 0. The van der Waals surface area contributed by atoms with Crippen LogP contribution in [0.5, 0.6) is 0 Å². The van der Waals surface area contributed by atoms with Crippen molar-refractivity contribution in [3.63, 3.8) is 0 Å². The maximum Gasteiger partial charge on any atom is 0.303 e. The molecule has 7 nitrogen and oxygen atoms in total. The van der Waals surface area contributed by atoms with Gasteiger partial charge in [0.1, 0.15) is 0 Å². The van der Waals surface area contributed by atoms with Crippen LogP contribution in [0, 0.1) is 0 Å². The lowest BCUT2D eigenvalue weighted by atomic mass is 10.2. The van der Waals surface area contributed by atoms with Crippen LogP contribution < -0.4 is 5.32 Å². The Morgan fingerprint density at radius 1 is 1.21 bits per heavy atom. The first-order valence-corrected chi connectivity index (χ1v) is 7.83. The van der Waals surface area contributed by atoms with E-state index in [1.807, 2.05) is 0 Å². The van der Waals surface area contributed by atoms with Gasteiger partial charge in [-0.1, -0.05) is 6.42 Å². The highest BCUT2D eigenvalue weighted by atomic mass is 32.2. The number of nitrogens with zero attached hydrogens (tertiary/aromatic N) is 1. The number of carbonyl (C=O) groups excluding carboxylic acids is 1. The summed E-state index contributed by atoms with van der Waals surface area (Å²) in [5.74, 6) is -1.21. The maximum absolute atomic E-state index is 11.4. The first-order valence-electron chi connectivity index (χ1n) is 6.22. The van der Waals surface area contributed by atoms with E-state index in [1.54, 1.807) is 0 Å². The quantitative estimate of drug-likeness (QED) is 0.553. The number of nitrogens with one attached hydrogen (secondary N) is 1. The van der Waals surface area contributed by atoms with Crippen LogP contribution in [0.4, 0.5) is 0 Å². The number of sulfonamides is 1. The van der Waals surface area contributed by atoms with Crippen molar-refractivity contribution < 1.29 is 23.1 Å². The fraction of sp³-hybridized carbons (Fsp3) is 0.818. The van der Waals surface area contributed by atoms with E-state index in [9.17, 15) is 18.0 Å². The largest absolute Gasteiger partial charge is 0.481 e. The minimum absolute atomic E-state index is 0.0357. The van der Waals surface area contributed by atoms with E-state index in [0.717, 1.165) is 10.7 Å². The molecule has 0 fully saturated rings. The van der Waals surface area contributed by atoms with Crippen LogP contribution >= 0.6 is 0 Å². The molecule has 0 spiro atoms. The number of hydrogen-bond acceptors (Lipinski definition) is 4. The second kappa shape index (κ2) is 8.87. The molecule has 0 unspecified atom stereocenters. The number of likely N-dealkylation sites (N-methyl/N-ethyl adjacent to an activating group) is 1.